The van der Waals surface area contributed by atoms with Gasteiger partial charge in [-0.2, -0.15) is 5.26 Å². The lowest BCUT2D eigenvalue weighted by Gasteiger charge is -2.14. The van der Waals surface area contributed by atoms with Gasteiger partial charge in [0.05, 0.1) is 23.4 Å². The zero-order chi connectivity index (χ0) is 19.0. The molecule has 2 fully saturated rings. The first-order valence-corrected chi connectivity index (χ1v) is 10.4. The Hall–Kier alpha value is -2.72. The van der Waals surface area contributed by atoms with E-state index in [9.17, 15) is 10.1 Å². The van der Waals surface area contributed by atoms with Crippen LogP contribution in [0.4, 0.5) is 0 Å². The SMILES string of the molecule is CC(C)Oc1c(C#N)cnc2ccc(C=S3CC(=O)NC3=NC3CC3)cc12. The van der Waals surface area contributed by atoms with Crippen molar-refractivity contribution in [3.63, 3.8) is 0 Å². The number of hydrogen-bond donors (Lipinski definition) is 1. The smallest absolute Gasteiger partial charge is 0.235 e. The third-order valence-electron chi connectivity index (χ3n) is 4.22. The zero-order valence-electron chi connectivity index (χ0n) is 15.2. The Morgan fingerprint density at radius 1 is 1.44 bits per heavy atom. The summed E-state index contributed by atoms with van der Waals surface area (Å²) < 4.78 is 5.91. The Kier molecular flexibility index (Phi) is 4.66. The number of aromatic nitrogens is 1. The largest absolute Gasteiger partial charge is 0.489 e. The van der Waals surface area contributed by atoms with Gasteiger partial charge in [0.15, 0.2) is 5.17 Å². The maximum atomic E-state index is 11.9. The molecule has 1 saturated carbocycles. The Balaban J connectivity index is 1.78. The van der Waals surface area contributed by atoms with E-state index in [-0.39, 0.29) is 22.5 Å². The monoisotopic (exact) mass is 380 g/mol. The van der Waals surface area contributed by atoms with Crippen molar-refractivity contribution in [3.05, 3.63) is 35.5 Å². The minimum atomic E-state index is -0.356. The maximum absolute atomic E-state index is 11.9. The summed E-state index contributed by atoms with van der Waals surface area (Å²) in [6.45, 7) is 3.86. The maximum Gasteiger partial charge on any atom is 0.235 e. The molecule has 138 valence electrons. The molecule has 2 aliphatic rings. The summed E-state index contributed by atoms with van der Waals surface area (Å²) in [6, 6.07) is 8.40. The number of ether oxygens (including phenoxy) is 1. The summed E-state index contributed by atoms with van der Waals surface area (Å²) in [5.41, 5.74) is 2.17. The van der Waals surface area contributed by atoms with Gasteiger partial charge in [0.25, 0.3) is 0 Å². The van der Waals surface area contributed by atoms with Crippen molar-refractivity contribution in [1.29, 1.82) is 5.26 Å². The van der Waals surface area contributed by atoms with E-state index in [0.29, 0.717) is 23.1 Å². The predicted octanol–water partition coefficient (Wildman–Crippen LogP) is 2.96. The molecule has 1 unspecified atom stereocenters. The Morgan fingerprint density at radius 2 is 2.26 bits per heavy atom. The van der Waals surface area contributed by atoms with Crippen molar-refractivity contribution in [2.75, 3.05) is 5.75 Å². The van der Waals surface area contributed by atoms with Crippen LogP contribution >= 0.6 is 10.5 Å². The average Bonchev–Trinajstić information content (AvgIpc) is 3.38. The number of carbonyl (C=O) groups is 1. The molecular formula is C20H20N4O2S. The van der Waals surface area contributed by atoms with Crippen molar-refractivity contribution in [2.24, 2.45) is 4.99 Å². The quantitative estimate of drug-likeness (QED) is 0.826. The van der Waals surface area contributed by atoms with Crippen molar-refractivity contribution in [1.82, 2.24) is 10.3 Å². The number of amides is 1. The third kappa shape index (κ3) is 3.86. The first-order chi connectivity index (χ1) is 13.0. The van der Waals surface area contributed by atoms with Gasteiger partial charge in [-0.25, -0.2) is 0 Å². The number of carbonyl (C=O) groups excluding carboxylic acids is 1. The number of amidine groups is 1. The van der Waals surface area contributed by atoms with Gasteiger partial charge in [-0.3, -0.25) is 14.8 Å². The lowest BCUT2D eigenvalue weighted by atomic mass is 10.1. The minimum Gasteiger partial charge on any atom is -0.489 e. The number of aliphatic imine (C=N–C) groups is 1. The number of fused-ring (bicyclic) bond motifs is 1. The first-order valence-electron chi connectivity index (χ1n) is 8.95. The van der Waals surface area contributed by atoms with Crippen LogP contribution < -0.4 is 10.1 Å². The highest BCUT2D eigenvalue weighted by Crippen LogP contribution is 2.31. The number of nitrogens with one attached hydrogen (secondary N) is 1. The molecule has 0 spiro atoms. The Morgan fingerprint density at radius 3 is 2.96 bits per heavy atom. The molecular weight excluding hydrogens is 360 g/mol. The fourth-order valence-corrected chi connectivity index (χ4v) is 4.55. The highest BCUT2D eigenvalue weighted by atomic mass is 32.2. The molecule has 1 saturated heterocycles. The van der Waals surface area contributed by atoms with E-state index in [2.05, 4.69) is 26.7 Å². The standard InChI is InChI=1S/C20H20N4O2S/c1-12(2)26-19-14(8-21)9-22-17-6-3-13(7-16(17)19)10-27-11-18(25)24-20(27)23-15-4-5-15/h3,6-7,9-10,12,15H,4-5,11H2,1-2H3,(H,23,24,25). The molecule has 1 atom stereocenters. The van der Waals surface area contributed by atoms with Crippen LogP contribution in [0.5, 0.6) is 5.75 Å². The number of nitriles is 1. The van der Waals surface area contributed by atoms with E-state index >= 15 is 0 Å². The van der Waals surface area contributed by atoms with Crippen LogP contribution in [0.2, 0.25) is 0 Å². The van der Waals surface area contributed by atoms with Crippen molar-refractivity contribution in [3.8, 4) is 11.8 Å². The molecule has 4 rings (SSSR count). The second-order valence-electron chi connectivity index (χ2n) is 6.96. The van der Waals surface area contributed by atoms with E-state index in [1.54, 1.807) is 6.20 Å². The summed E-state index contributed by atoms with van der Waals surface area (Å²) in [4.78, 5) is 20.9. The summed E-state index contributed by atoms with van der Waals surface area (Å²) in [6.07, 6.45) is 3.70. The topological polar surface area (TPSA) is 87.4 Å². The second-order valence-corrected chi connectivity index (χ2v) is 8.73. The molecule has 2 heterocycles. The average molecular weight is 380 g/mol. The molecule has 0 bridgehead atoms. The Labute approximate surface area is 160 Å². The van der Waals surface area contributed by atoms with Gasteiger partial charge in [-0.15, -0.1) is 10.5 Å². The van der Waals surface area contributed by atoms with Gasteiger partial charge < -0.3 is 10.1 Å². The summed E-state index contributed by atoms with van der Waals surface area (Å²) in [5, 5.41) is 16.0. The van der Waals surface area contributed by atoms with Gasteiger partial charge in [-0.05, 0) is 49.8 Å². The molecule has 6 nitrogen and oxygen atoms in total. The summed E-state index contributed by atoms with van der Waals surface area (Å²) in [5.74, 6) is 1.02. The van der Waals surface area contributed by atoms with E-state index in [4.69, 9.17) is 4.74 Å². The van der Waals surface area contributed by atoms with Crippen molar-refractivity contribution in [2.45, 2.75) is 38.8 Å². The van der Waals surface area contributed by atoms with E-state index < -0.39 is 0 Å². The number of rotatable bonds is 4. The molecule has 1 amide bonds. The summed E-state index contributed by atoms with van der Waals surface area (Å²) in [7, 11) is -0.356. The molecule has 0 radical (unpaired) electrons. The van der Waals surface area contributed by atoms with Crippen molar-refractivity contribution >= 4 is 37.8 Å². The van der Waals surface area contributed by atoms with Crippen LogP contribution in [0.1, 0.15) is 37.8 Å². The molecule has 1 aliphatic heterocycles. The Bertz CT molecular complexity index is 1030. The lowest BCUT2D eigenvalue weighted by molar-refractivity contribution is -0.116. The molecule has 1 aromatic heterocycles. The summed E-state index contributed by atoms with van der Waals surface area (Å²) >= 11 is 0. The number of benzene rings is 1. The van der Waals surface area contributed by atoms with Gasteiger partial charge >= 0.3 is 0 Å². The van der Waals surface area contributed by atoms with Crippen LogP contribution in [0, 0.1) is 11.3 Å². The van der Waals surface area contributed by atoms with Crippen LogP contribution in [0.15, 0.2) is 29.4 Å². The first kappa shape index (κ1) is 17.7. The van der Waals surface area contributed by atoms with E-state index in [1.165, 1.54) is 0 Å². The number of pyridine rings is 1. The molecule has 2 aromatic rings. The molecule has 27 heavy (non-hydrogen) atoms. The molecule has 1 aliphatic carbocycles. The van der Waals surface area contributed by atoms with Gasteiger partial charge in [0.2, 0.25) is 5.91 Å². The third-order valence-corrected chi connectivity index (χ3v) is 6.06. The molecule has 1 aromatic carbocycles. The van der Waals surface area contributed by atoms with Crippen LogP contribution in [0.25, 0.3) is 10.9 Å². The highest BCUT2D eigenvalue weighted by molar-refractivity contribution is 8.29. The molecule has 7 heteroatoms. The van der Waals surface area contributed by atoms with Gasteiger partial charge in [0, 0.05) is 11.6 Å². The van der Waals surface area contributed by atoms with Crippen LogP contribution in [-0.4, -0.2) is 39.3 Å². The minimum absolute atomic E-state index is 0.0204. The number of hydrogen-bond acceptors (Lipinski definition) is 5. The second kappa shape index (κ2) is 7.12. The fourth-order valence-electron chi connectivity index (χ4n) is 2.86. The van der Waals surface area contributed by atoms with Gasteiger partial charge in [-0.1, -0.05) is 6.07 Å². The lowest BCUT2D eigenvalue weighted by Crippen LogP contribution is -2.20. The van der Waals surface area contributed by atoms with E-state index in [1.807, 2.05) is 32.0 Å². The van der Waals surface area contributed by atoms with Crippen LogP contribution in [0.3, 0.4) is 0 Å². The van der Waals surface area contributed by atoms with Gasteiger partial charge in [0.1, 0.15) is 17.4 Å². The van der Waals surface area contributed by atoms with Crippen molar-refractivity contribution < 1.29 is 9.53 Å². The zero-order valence-corrected chi connectivity index (χ0v) is 16.0. The van der Waals surface area contributed by atoms with E-state index in [0.717, 1.165) is 34.5 Å². The van der Waals surface area contributed by atoms with Crippen LogP contribution in [-0.2, 0) is 4.79 Å². The number of nitrogens with zero attached hydrogens (tertiary/aromatic N) is 3. The fraction of sp³-hybridized carbons (Fsp3) is 0.350. The highest BCUT2D eigenvalue weighted by Gasteiger charge is 2.26. The molecule has 1 N–H and O–H groups in total. The normalized spacial score (nSPS) is 21.0. The predicted molar refractivity (Wildman–Crippen MR) is 108 cm³/mol.